The van der Waals surface area contributed by atoms with Crippen LogP contribution in [0.1, 0.15) is 25.3 Å². The number of aromatic nitrogens is 5. The summed E-state index contributed by atoms with van der Waals surface area (Å²) in [6.07, 6.45) is 5.07. The zero-order chi connectivity index (χ0) is 13.7. The lowest BCUT2D eigenvalue weighted by atomic mass is 10.0. The summed E-state index contributed by atoms with van der Waals surface area (Å²) in [4.78, 5) is 8.57. The third-order valence-corrected chi connectivity index (χ3v) is 2.80. The van der Waals surface area contributed by atoms with Crippen molar-refractivity contribution in [2.75, 3.05) is 24.2 Å². The van der Waals surface area contributed by atoms with Crippen molar-refractivity contribution in [3.05, 3.63) is 24.3 Å². The van der Waals surface area contributed by atoms with E-state index in [1.54, 1.807) is 17.2 Å². The zero-order valence-electron chi connectivity index (χ0n) is 11.5. The molecule has 102 valence electrons. The first kappa shape index (κ1) is 13.3. The standard InChI is InChI=1S/C12H19N7/c1-9(2)10-11(13-3)15-8-16-12(10)14-4-6-19-7-5-17-18-19/h5,7-9H,4,6H2,1-3H3,(H2,13,14,15,16). The molecule has 0 atom stereocenters. The van der Waals surface area contributed by atoms with Crippen molar-refractivity contribution >= 4 is 11.6 Å². The Balaban J connectivity index is 2.07. The smallest absolute Gasteiger partial charge is 0.135 e. The van der Waals surface area contributed by atoms with E-state index < -0.39 is 0 Å². The van der Waals surface area contributed by atoms with Crippen LogP contribution in [-0.4, -0.2) is 38.6 Å². The molecule has 2 rings (SSSR count). The summed E-state index contributed by atoms with van der Waals surface area (Å²) in [5.41, 5.74) is 1.10. The van der Waals surface area contributed by atoms with Gasteiger partial charge in [0.25, 0.3) is 0 Å². The summed E-state index contributed by atoms with van der Waals surface area (Å²) >= 11 is 0. The minimum atomic E-state index is 0.345. The third-order valence-electron chi connectivity index (χ3n) is 2.80. The van der Waals surface area contributed by atoms with Crippen LogP contribution in [-0.2, 0) is 6.54 Å². The van der Waals surface area contributed by atoms with E-state index in [-0.39, 0.29) is 0 Å². The second-order valence-corrected chi connectivity index (χ2v) is 4.48. The maximum atomic E-state index is 4.32. The van der Waals surface area contributed by atoms with E-state index in [1.807, 2.05) is 13.2 Å². The molecule has 0 radical (unpaired) electrons. The maximum absolute atomic E-state index is 4.32. The van der Waals surface area contributed by atoms with Crippen LogP contribution in [0.2, 0.25) is 0 Å². The average Bonchev–Trinajstić information content (AvgIpc) is 2.91. The van der Waals surface area contributed by atoms with Gasteiger partial charge >= 0.3 is 0 Å². The van der Waals surface area contributed by atoms with Gasteiger partial charge in [0.15, 0.2) is 0 Å². The maximum Gasteiger partial charge on any atom is 0.135 e. The summed E-state index contributed by atoms with van der Waals surface area (Å²) in [6.45, 7) is 5.74. The Morgan fingerprint density at radius 1 is 1.26 bits per heavy atom. The molecule has 0 aliphatic heterocycles. The molecule has 0 amide bonds. The number of nitrogens with one attached hydrogen (secondary N) is 2. The highest BCUT2D eigenvalue weighted by Crippen LogP contribution is 2.27. The van der Waals surface area contributed by atoms with Gasteiger partial charge in [0, 0.05) is 25.4 Å². The van der Waals surface area contributed by atoms with E-state index in [9.17, 15) is 0 Å². The highest BCUT2D eigenvalue weighted by Gasteiger charge is 2.13. The number of nitrogens with zero attached hydrogens (tertiary/aromatic N) is 5. The van der Waals surface area contributed by atoms with E-state index in [4.69, 9.17) is 0 Å². The van der Waals surface area contributed by atoms with Gasteiger partial charge in [-0.1, -0.05) is 19.1 Å². The molecule has 19 heavy (non-hydrogen) atoms. The zero-order valence-corrected chi connectivity index (χ0v) is 11.5. The minimum absolute atomic E-state index is 0.345. The van der Waals surface area contributed by atoms with Crippen LogP contribution in [0, 0.1) is 0 Å². The fourth-order valence-corrected chi connectivity index (χ4v) is 1.92. The summed E-state index contributed by atoms with van der Waals surface area (Å²) in [5, 5.41) is 14.1. The molecular formula is C12H19N7. The Kier molecular flexibility index (Phi) is 4.27. The van der Waals surface area contributed by atoms with Crippen molar-refractivity contribution in [3.8, 4) is 0 Å². The molecule has 2 aromatic heterocycles. The Labute approximate surface area is 112 Å². The SMILES string of the molecule is CNc1ncnc(NCCn2ccnn2)c1C(C)C. The summed E-state index contributed by atoms with van der Waals surface area (Å²) in [6, 6.07) is 0. The summed E-state index contributed by atoms with van der Waals surface area (Å²) < 4.78 is 1.78. The molecule has 0 saturated heterocycles. The van der Waals surface area contributed by atoms with Gasteiger partial charge in [-0.2, -0.15) is 0 Å². The third kappa shape index (κ3) is 3.18. The Morgan fingerprint density at radius 2 is 2.05 bits per heavy atom. The highest BCUT2D eigenvalue weighted by atomic mass is 15.4. The highest BCUT2D eigenvalue weighted by molar-refractivity contribution is 5.58. The Bertz CT molecular complexity index is 507. The van der Waals surface area contributed by atoms with Gasteiger partial charge in [0.05, 0.1) is 12.7 Å². The molecule has 0 saturated carbocycles. The number of hydrogen-bond donors (Lipinski definition) is 2. The van der Waals surface area contributed by atoms with Crippen molar-refractivity contribution < 1.29 is 0 Å². The van der Waals surface area contributed by atoms with Crippen LogP contribution in [0.4, 0.5) is 11.6 Å². The lowest BCUT2D eigenvalue weighted by Crippen LogP contribution is -2.15. The van der Waals surface area contributed by atoms with Gasteiger partial charge in [0.1, 0.15) is 18.0 Å². The molecule has 7 nitrogen and oxygen atoms in total. The van der Waals surface area contributed by atoms with Crippen molar-refractivity contribution in [3.63, 3.8) is 0 Å². The van der Waals surface area contributed by atoms with Gasteiger partial charge in [-0.25, -0.2) is 9.97 Å². The van der Waals surface area contributed by atoms with Crippen molar-refractivity contribution in [1.82, 2.24) is 25.0 Å². The average molecular weight is 261 g/mol. The van der Waals surface area contributed by atoms with Crippen LogP contribution < -0.4 is 10.6 Å². The van der Waals surface area contributed by atoms with Crippen LogP contribution in [0.5, 0.6) is 0 Å². The predicted octanol–water partition coefficient (Wildman–Crippen LogP) is 1.35. The molecule has 0 unspecified atom stereocenters. The van der Waals surface area contributed by atoms with Crippen LogP contribution in [0.3, 0.4) is 0 Å². The van der Waals surface area contributed by atoms with Crippen molar-refractivity contribution in [1.29, 1.82) is 0 Å². The molecule has 2 N–H and O–H groups in total. The van der Waals surface area contributed by atoms with E-state index in [0.29, 0.717) is 5.92 Å². The lowest BCUT2D eigenvalue weighted by molar-refractivity contribution is 0.607. The second-order valence-electron chi connectivity index (χ2n) is 4.48. The van der Waals surface area contributed by atoms with Gasteiger partial charge in [-0.15, -0.1) is 5.10 Å². The number of anilines is 2. The number of hydrogen-bond acceptors (Lipinski definition) is 6. The Morgan fingerprint density at radius 3 is 2.68 bits per heavy atom. The summed E-state index contributed by atoms with van der Waals surface area (Å²) in [5.74, 6) is 2.08. The van der Waals surface area contributed by atoms with Gasteiger partial charge in [-0.05, 0) is 5.92 Å². The van der Waals surface area contributed by atoms with Crippen LogP contribution in [0.25, 0.3) is 0 Å². The molecule has 0 bridgehead atoms. The monoisotopic (exact) mass is 261 g/mol. The quantitative estimate of drug-likeness (QED) is 0.817. The molecule has 0 fully saturated rings. The number of rotatable bonds is 6. The largest absolute Gasteiger partial charge is 0.373 e. The van der Waals surface area contributed by atoms with Crippen molar-refractivity contribution in [2.45, 2.75) is 26.3 Å². The molecule has 0 aliphatic rings. The summed E-state index contributed by atoms with van der Waals surface area (Å²) in [7, 11) is 1.87. The van der Waals surface area contributed by atoms with E-state index >= 15 is 0 Å². The second kappa shape index (κ2) is 6.12. The molecule has 0 spiro atoms. The van der Waals surface area contributed by atoms with Crippen LogP contribution in [0.15, 0.2) is 18.7 Å². The van der Waals surface area contributed by atoms with Gasteiger partial charge in [-0.3, -0.25) is 4.68 Å². The van der Waals surface area contributed by atoms with Crippen LogP contribution >= 0.6 is 0 Å². The molecule has 2 aromatic rings. The molecule has 7 heteroatoms. The lowest BCUT2D eigenvalue weighted by Gasteiger charge is -2.16. The predicted molar refractivity (Wildman–Crippen MR) is 74.2 cm³/mol. The van der Waals surface area contributed by atoms with E-state index in [0.717, 1.165) is 30.3 Å². The van der Waals surface area contributed by atoms with E-state index in [1.165, 1.54) is 0 Å². The first-order valence-electron chi connectivity index (χ1n) is 6.33. The molecule has 0 aromatic carbocycles. The Hall–Kier alpha value is -2.18. The van der Waals surface area contributed by atoms with Crippen molar-refractivity contribution in [2.24, 2.45) is 0 Å². The first-order valence-corrected chi connectivity index (χ1v) is 6.33. The van der Waals surface area contributed by atoms with Gasteiger partial charge in [0.2, 0.25) is 0 Å². The van der Waals surface area contributed by atoms with E-state index in [2.05, 4.69) is 44.8 Å². The fourth-order valence-electron chi connectivity index (χ4n) is 1.92. The molecule has 2 heterocycles. The van der Waals surface area contributed by atoms with Gasteiger partial charge < -0.3 is 10.6 Å². The fraction of sp³-hybridized carbons (Fsp3) is 0.500. The normalized spacial score (nSPS) is 10.7. The minimum Gasteiger partial charge on any atom is -0.373 e. The molecular weight excluding hydrogens is 242 g/mol. The topological polar surface area (TPSA) is 80.5 Å². The molecule has 0 aliphatic carbocycles. The first-order chi connectivity index (χ1) is 9.22.